The van der Waals surface area contributed by atoms with Gasteiger partial charge in [0.1, 0.15) is 0 Å². The lowest BCUT2D eigenvalue weighted by Gasteiger charge is -2.22. The van der Waals surface area contributed by atoms with Crippen LogP contribution in [0, 0.1) is 6.92 Å². The first-order valence-electron chi connectivity index (χ1n) is 7.26. The maximum absolute atomic E-state index is 3.41. The Labute approximate surface area is 123 Å². The van der Waals surface area contributed by atoms with Crippen molar-refractivity contribution < 1.29 is 0 Å². The fourth-order valence-corrected chi connectivity index (χ4v) is 2.46. The van der Waals surface area contributed by atoms with Crippen molar-refractivity contribution in [1.82, 2.24) is 5.32 Å². The van der Waals surface area contributed by atoms with Crippen LogP contribution in [-0.2, 0) is 5.41 Å². The van der Waals surface area contributed by atoms with E-state index in [2.05, 4.69) is 81.5 Å². The van der Waals surface area contributed by atoms with E-state index in [1.54, 1.807) is 0 Å². The summed E-state index contributed by atoms with van der Waals surface area (Å²) in [5.74, 6) is 0. The molecule has 1 atom stereocenters. The third-order valence-electron chi connectivity index (χ3n) is 3.81. The molecule has 0 bridgehead atoms. The largest absolute Gasteiger partial charge is 0.309 e. The van der Waals surface area contributed by atoms with Gasteiger partial charge in [-0.2, -0.15) is 0 Å². The van der Waals surface area contributed by atoms with Crippen LogP contribution in [0.2, 0.25) is 0 Å². The summed E-state index contributed by atoms with van der Waals surface area (Å²) in [6, 6.07) is 18.0. The summed E-state index contributed by atoms with van der Waals surface area (Å²) in [5.41, 5.74) is 5.50. The quantitative estimate of drug-likeness (QED) is 0.857. The average molecular weight is 267 g/mol. The zero-order valence-electron chi connectivity index (χ0n) is 13.2. The predicted molar refractivity (Wildman–Crippen MR) is 87.2 cm³/mol. The highest BCUT2D eigenvalue weighted by Gasteiger charge is 2.15. The molecule has 2 rings (SSSR count). The second kappa shape index (κ2) is 5.80. The molecular weight excluding hydrogens is 242 g/mol. The van der Waals surface area contributed by atoms with Crippen LogP contribution >= 0.6 is 0 Å². The van der Waals surface area contributed by atoms with Gasteiger partial charge < -0.3 is 5.32 Å². The lowest BCUT2D eigenvalue weighted by atomic mass is 9.86. The van der Waals surface area contributed by atoms with Crippen LogP contribution in [0.4, 0.5) is 0 Å². The van der Waals surface area contributed by atoms with E-state index < -0.39 is 0 Å². The van der Waals surface area contributed by atoms with Crippen molar-refractivity contribution in [2.24, 2.45) is 0 Å². The predicted octanol–water partition coefficient (Wildman–Crippen LogP) is 4.60. The fraction of sp³-hybridized carbons (Fsp3) is 0.368. The van der Waals surface area contributed by atoms with E-state index in [0.29, 0.717) is 0 Å². The van der Waals surface area contributed by atoms with Crippen LogP contribution in [0.25, 0.3) is 0 Å². The Hall–Kier alpha value is -1.60. The van der Waals surface area contributed by atoms with E-state index in [4.69, 9.17) is 0 Å². The third-order valence-corrected chi connectivity index (χ3v) is 3.81. The molecule has 1 unspecified atom stereocenters. The Bertz CT molecular complexity index is 544. The third kappa shape index (κ3) is 3.29. The molecule has 20 heavy (non-hydrogen) atoms. The summed E-state index contributed by atoms with van der Waals surface area (Å²) in [6.45, 7) is 8.86. The lowest BCUT2D eigenvalue weighted by molar-refractivity contribution is 0.589. The first kappa shape index (κ1) is 14.8. The summed E-state index contributed by atoms with van der Waals surface area (Å²) in [6.07, 6.45) is 0. The van der Waals surface area contributed by atoms with E-state index in [1.165, 1.54) is 22.3 Å². The van der Waals surface area contributed by atoms with E-state index in [0.717, 1.165) is 0 Å². The molecule has 0 aromatic heterocycles. The standard InChI is InChI=1S/C19H25N/c1-14-6-8-15(9-7-14)18(20-5)16-10-12-17(13-11-16)19(2,3)4/h6-13,18,20H,1-5H3. The van der Waals surface area contributed by atoms with Gasteiger partial charge >= 0.3 is 0 Å². The summed E-state index contributed by atoms with van der Waals surface area (Å²) in [4.78, 5) is 0. The van der Waals surface area contributed by atoms with Crippen LogP contribution in [0.5, 0.6) is 0 Å². The average Bonchev–Trinajstić information content (AvgIpc) is 2.41. The molecule has 2 aromatic rings. The molecule has 0 radical (unpaired) electrons. The van der Waals surface area contributed by atoms with Gasteiger partial charge in [0.25, 0.3) is 0 Å². The zero-order chi connectivity index (χ0) is 14.8. The first-order valence-corrected chi connectivity index (χ1v) is 7.26. The molecule has 0 saturated heterocycles. The molecule has 0 aliphatic carbocycles. The van der Waals surface area contributed by atoms with Gasteiger partial charge in [0.2, 0.25) is 0 Å². The normalized spacial score (nSPS) is 13.2. The van der Waals surface area contributed by atoms with Gasteiger partial charge in [-0.15, -0.1) is 0 Å². The minimum Gasteiger partial charge on any atom is -0.309 e. The molecule has 0 aliphatic rings. The minimum atomic E-state index is 0.206. The van der Waals surface area contributed by atoms with Crippen molar-refractivity contribution in [3.63, 3.8) is 0 Å². The van der Waals surface area contributed by atoms with Gasteiger partial charge in [0.05, 0.1) is 6.04 Å². The second-order valence-electron chi connectivity index (χ2n) is 6.50. The van der Waals surface area contributed by atoms with Crippen molar-refractivity contribution in [3.05, 3.63) is 70.8 Å². The summed E-state index contributed by atoms with van der Waals surface area (Å²) < 4.78 is 0. The maximum atomic E-state index is 3.41. The second-order valence-corrected chi connectivity index (χ2v) is 6.50. The molecule has 0 spiro atoms. The molecule has 1 heteroatoms. The van der Waals surface area contributed by atoms with Crippen molar-refractivity contribution >= 4 is 0 Å². The highest BCUT2D eigenvalue weighted by atomic mass is 14.9. The highest BCUT2D eigenvalue weighted by molar-refractivity contribution is 5.36. The van der Waals surface area contributed by atoms with Crippen LogP contribution in [0.3, 0.4) is 0 Å². The maximum Gasteiger partial charge on any atom is 0.0574 e. The van der Waals surface area contributed by atoms with E-state index >= 15 is 0 Å². The lowest BCUT2D eigenvalue weighted by Crippen LogP contribution is -2.18. The molecular formula is C19H25N. The van der Waals surface area contributed by atoms with Crippen molar-refractivity contribution in [2.45, 2.75) is 39.2 Å². The topological polar surface area (TPSA) is 12.0 Å². The van der Waals surface area contributed by atoms with Gasteiger partial charge in [-0.1, -0.05) is 74.9 Å². The summed E-state index contributed by atoms with van der Waals surface area (Å²) >= 11 is 0. The zero-order valence-corrected chi connectivity index (χ0v) is 13.2. The Morgan fingerprint density at radius 1 is 0.800 bits per heavy atom. The van der Waals surface area contributed by atoms with Gasteiger partial charge in [0, 0.05) is 0 Å². The fourth-order valence-electron chi connectivity index (χ4n) is 2.46. The SMILES string of the molecule is CNC(c1ccc(C)cc1)c1ccc(C(C)(C)C)cc1. The van der Waals surface area contributed by atoms with Crippen molar-refractivity contribution in [3.8, 4) is 0 Å². The molecule has 0 amide bonds. The molecule has 0 fully saturated rings. The Morgan fingerprint density at radius 2 is 1.25 bits per heavy atom. The van der Waals surface area contributed by atoms with E-state index in [-0.39, 0.29) is 11.5 Å². The molecule has 0 aliphatic heterocycles. The highest BCUT2D eigenvalue weighted by Crippen LogP contribution is 2.26. The molecule has 106 valence electrons. The molecule has 0 heterocycles. The summed E-state index contributed by atoms with van der Waals surface area (Å²) in [5, 5.41) is 3.41. The molecule has 0 saturated carbocycles. The molecule has 2 aromatic carbocycles. The number of rotatable bonds is 3. The molecule has 1 nitrogen and oxygen atoms in total. The Morgan fingerprint density at radius 3 is 1.65 bits per heavy atom. The number of hydrogen-bond acceptors (Lipinski definition) is 1. The number of benzene rings is 2. The number of aryl methyl sites for hydroxylation is 1. The van der Waals surface area contributed by atoms with E-state index in [9.17, 15) is 0 Å². The van der Waals surface area contributed by atoms with Crippen molar-refractivity contribution in [2.75, 3.05) is 7.05 Å². The summed E-state index contributed by atoms with van der Waals surface area (Å²) in [7, 11) is 2.02. The van der Waals surface area contributed by atoms with Crippen LogP contribution in [0.1, 0.15) is 49.1 Å². The van der Waals surface area contributed by atoms with Gasteiger partial charge in [-0.25, -0.2) is 0 Å². The van der Waals surface area contributed by atoms with Crippen molar-refractivity contribution in [1.29, 1.82) is 0 Å². The Kier molecular flexibility index (Phi) is 4.29. The first-order chi connectivity index (χ1) is 9.41. The van der Waals surface area contributed by atoms with Gasteiger partial charge in [0.15, 0.2) is 0 Å². The minimum absolute atomic E-state index is 0.206. The van der Waals surface area contributed by atoms with Crippen LogP contribution in [0.15, 0.2) is 48.5 Å². The van der Waals surface area contributed by atoms with Gasteiger partial charge in [-0.05, 0) is 36.1 Å². The Balaban J connectivity index is 2.30. The van der Waals surface area contributed by atoms with Crippen LogP contribution < -0.4 is 5.32 Å². The van der Waals surface area contributed by atoms with Gasteiger partial charge in [-0.3, -0.25) is 0 Å². The van der Waals surface area contributed by atoms with E-state index in [1.807, 2.05) is 7.05 Å². The smallest absolute Gasteiger partial charge is 0.0574 e. The number of hydrogen-bond donors (Lipinski definition) is 1. The molecule has 1 N–H and O–H groups in total. The number of nitrogens with one attached hydrogen (secondary N) is 1. The van der Waals surface area contributed by atoms with Crippen LogP contribution in [-0.4, -0.2) is 7.05 Å². The monoisotopic (exact) mass is 267 g/mol.